The molecule has 0 bridgehead atoms. The van der Waals surface area contributed by atoms with Crippen LogP contribution in [0.2, 0.25) is 0 Å². The van der Waals surface area contributed by atoms with Crippen LogP contribution < -0.4 is 0 Å². The maximum atomic E-state index is 11.6. The van der Waals surface area contributed by atoms with Crippen molar-refractivity contribution in [3.8, 4) is 11.1 Å². The monoisotopic (exact) mass is 383 g/mol. The number of carbonyl (C=O) groups is 1. The van der Waals surface area contributed by atoms with Gasteiger partial charge in [-0.3, -0.25) is 0 Å². The van der Waals surface area contributed by atoms with Crippen LogP contribution in [-0.4, -0.2) is 44.3 Å². The smallest absolute Gasteiger partial charge is 0.337 e. The standard InChI is InChI=1S/C21H21NO4S/c1-24-20(25-2)13-27-19-11-9-17-12-16(8-10-18(17)22-19)14-4-6-15(7-5-14)21(23)26-3/h4-12,20H,13H2,1-3H3. The molecule has 3 aromatic rings. The molecule has 0 saturated heterocycles. The molecule has 0 saturated carbocycles. The van der Waals surface area contributed by atoms with Crippen LogP contribution in [0.1, 0.15) is 10.4 Å². The van der Waals surface area contributed by atoms with Crippen LogP contribution in [0.4, 0.5) is 0 Å². The first-order valence-electron chi connectivity index (χ1n) is 8.42. The first-order valence-corrected chi connectivity index (χ1v) is 9.41. The molecule has 0 radical (unpaired) electrons. The van der Waals surface area contributed by atoms with Crippen LogP contribution >= 0.6 is 11.8 Å². The number of methoxy groups -OCH3 is 3. The number of fused-ring (bicyclic) bond motifs is 1. The van der Waals surface area contributed by atoms with Gasteiger partial charge in [-0.1, -0.05) is 24.3 Å². The van der Waals surface area contributed by atoms with E-state index in [1.54, 1.807) is 38.1 Å². The summed E-state index contributed by atoms with van der Waals surface area (Å²) in [6.07, 6.45) is -0.247. The van der Waals surface area contributed by atoms with Gasteiger partial charge >= 0.3 is 5.97 Å². The van der Waals surface area contributed by atoms with Gasteiger partial charge in [0.1, 0.15) is 0 Å². The number of nitrogens with zero attached hydrogens (tertiary/aromatic N) is 1. The molecule has 6 heteroatoms. The van der Waals surface area contributed by atoms with Crippen molar-refractivity contribution in [3.05, 3.63) is 60.2 Å². The lowest BCUT2D eigenvalue weighted by Gasteiger charge is -2.12. The number of hydrogen-bond donors (Lipinski definition) is 0. The topological polar surface area (TPSA) is 57.7 Å². The minimum absolute atomic E-state index is 0.247. The molecule has 0 spiro atoms. The van der Waals surface area contributed by atoms with E-state index in [1.807, 2.05) is 30.3 Å². The van der Waals surface area contributed by atoms with E-state index in [2.05, 4.69) is 17.1 Å². The van der Waals surface area contributed by atoms with Gasteiger partial charge in [-0.05, 0) is 41.5 Å². The second kappa shape index (κ2) is 8.99. The van der Waals surface area contributed by atoms with Crippen LogP contribution in [0.15, 0.2) is 59.6 Å². The highest BCUT2D eigenvalue weighted by Crippen LogP contribution is 2.26. The molecule has 0 aliphatic heterocycles. The number of thioether (sulfide) groups is 1. The molecular formula is C21H21NO4S. The van der Waals surface area contributed by atoms with Crippen molar-refractivity contribution >= 4 is 28.6 Å². The number of aromatic nitrogens is 1. The van der Waals surface area contributed by atoms with Crippen molar-refractivity contribution in [2.24, 2.45) is 0 Å². The quantitative estimate of drug-likeness (QED) is 0.342. The fourth-order valence-electron chi connectivity index (χ4n) is 2.67. The fourth-order valence-corrected chi connectivity index (χ4v) is 3.58. The van der Waals surface area contributed by atoms with E-state index in [1.165, 1.54) is 7.11 Å². The molecule has 0 aliphatic carbocycles. The number of rotatable bonds is 7. The van der Waals surface area contributed by atoms with Crippen molar-refractivity contribution in [1.29, 1.82) is 0 Å². The van der Waals surface area contributed by atoms with E-state index in [0.29, 0.717) is 11.3 Å². The maximum absolute atomic E-state index is 11.6. The van der Waals surface area contributed by atoms with Crippen LogP contribution in [0.5, 0.6) is 0 Å². The average molecular weight is 383 g/mol. The Morgan fingerprint density at radius 2 is 1.67 bits per heavy atom. The van der Waals surface area contributed by atoms with Gasteiger partial charge in [-0.2, -0.15) is 0 Å². The molecule has 5 nitrogen and oxygen atoms in total. The molecule has 1 aromatic heterocycles. The Balaban J connectivity index is 1.79. The molecular weight excluding hydrogens is 362 g/mol. The number of esters is 1. The SMILES string of the molecule is COC(=O)c1ccc(-c2ccc3nc(SCC(OC)OC)ccc3c2)cc1. The van der Waals surface area contributed by atoms with Gasteiger partial charge in [-0.25, -0.2) is 9.78 Å². The predicted octanol–water partition coefficient (Wildman–Crippen LogP) is 4.40. The highest BCUT2D eigenvalue weighted by molar-refractivity contribution is 7.99. The van der Waals surface area contributed by atoms with Gasteiger partial charge in [-0.15, -0.1) is 11.8 Å². The first-order chi connectivity index (χ1) is 13.1. The summed E-state index contributed by atoms with van der Waals surface area (Å²) < 4.78 is 15.1. The lowest BCUT2D eigenvalue weighted by molar-refractivity contribution is -0.0842. The third kappa shape index (κ3) is 4.66. The number of ether oxygens (including phenoxy) is 3. The summed E-state index contributed by atoms with van der Waals surface area (Å²) in [6.45, 7) is 0. The van der Waals surface area contributed by atoms with Gasteiger partial charge in [0.25, 0.3) is 0 Å². The van der Waals surface area contributed by atoms with E-state index in [9.17, 15) is 4.79 Å². The Morgan fingerprint density at radius 1 is 0.963 bits per heavy atom. The van der Waals surface area contributed by atoms with Crippen molar-refractivity contribution in [1.82, 2.24) is 4.98 Å². The lowest BCUT2D eigenvalue weighted by atomic mass is 10.0. The Hall–Kier alpha value is -2.41. The van der Waals surface area contributed by atoms with Crippen molar-refractivity contribution in [2.45, 2.75) is 11.3 Å². The van der Waals surface area contributed by atoms with Gasteiger partial charge in [0.15, 0.2) is 6.29 Å². The molecule has 0 aliphatic rings. The Labute approximate surface area is 162 Å². The van der Waals surface area contributed by atoms with Crippen LogP contribution in [0.25, 0.3) is 22.0 Å². The lowest BCUT2D eigenvalue weighted by Crippen LogP contribution is -2.15. The van der Waals surface area contributed by atoms with E-state index in [-0.39, 0.29) is 12.3 Å². The van der Waals surface area contributed by atoms with Crippen LogP contribution in [0, 0.1) is 0 Å². The molecule has 0 amide bonds. The minimum Gasteiger partial charge on any atom is -0.465 e. The third-order valence-electron chi connectivity index (χ3n) is 4.20. The number of pyridine rings is 1. The van der Waals surface area contributed by atoms with E-state index in [4.69, 9.17) is 14.2 Å². The molecule has 3 rings (SSSR count). The summed E-state index contributed by atoms with van der Waals surface area (Å²) in [7, 11) is 4.63. The minimum atomic E-state index is -0.335. The van der Waals surface area contributed by atoms with Crippen LogP contribution in [0.3, 0.4) is 0 Å². The van der Waals surface area contributed by atoms with Gasteiger partial charge < -0.3 is 14.2 Å². The zero-order valence-electron chi connectivity index (χ0n) is 15.5. The summed E-state index contributed by atoms with van der Waals surface area (Å²) in [4.78, 5) is 16.2. The molecule has 0 fully saturated rings. The summed E-state index contributed by atoms with van der Waals surface area (Å²) in [5, 5.41) is 1.99. The molecule has 27 heavy (non-hydrogen) atoms. The second-order valence-electron chi connectivity index (χ2n) is 5.84. The van der Waals surface area contributed by atoms with E-state index < -0.39 is 0 Å². The number of benzene rings is 2. The molecule has 140 valence electrons. The molecule has 0 unspecified atom stereocenters. The molecule has 2 aromatic carbocycles. The Kier molecular flexibility index (Phi) is 6.45. The van der Waals surface area contributed by atoms with E-state index in [0.717, 1.165) is 27.1 Å². The highest BCUT2D eigenvalue weighted by atomic mass is 32.2. The molecule has 1 heterocycles. The average Bonchev–Trinajstić information content (AvgIpc) is 2.73. The van der Waals surface area contributed by atoms with Crippen molar-refractivity contribution in [2.75, 3.05) is 27.1 Å². The number of hydrogen-bond acceptors (Lipinski definition) is 6. The molecule has 0 atom stereocenters. The number of carbonyl (C=O) groups excluding carboxylic acids is 1. The zero-order valence-corrected chi connectivity index (χ0v) is 16.3. The van der Waals surface area contributed by atoms with Gasteiger partial charge in [0, 0.05) is 19.6 Å². The largest absolute Gasteiger partial charge is 0.465 e. The van der Waals surface area contributed by atoms with Gasteiger partial charge in [0.2, 0.25) is 0 Å². The summed E-state index contributed by atoms with van der Waals surface area (Å²) in [6, 6.07) is 17.6. The van der Waals surface area contributed by atoms with Crippen LogP contribution in [-0.2, 0) is 14.2 Å². The summed E-state index contributed by atoms with van der Waals surface area (Å²) >= 11 is 1.59. The predicted molar refractivity (Wildman–Crippen MR) is 107 cm³/mol. The van der Waals surface area contributed by atoms with Gasteiger partial charge in [0.05, 0.1) is 29.0 Å². The summed E-state index contributed by atoms with van der Waals surface area (Å²) in [5.41, 5.74) is 3.57. The zero-order chi connectivity index (χ0) is 19.2. The maximum Gasteiger partial charge on any atom is 0.337 e. The second-order valence-corrected chi connectivity index (χ2v) is 6.88. The Bertz CT molecular complexity index is 923. The molecule has 0 N–H and O–H groups in total. The van der Waals surface area contributed by atoms with E-state index >= 15 is 0 Å². The van der Waals surface area contributed by atoms with Crippen molar-refractivity contribution < 1.29 is 19.0 Å². The summed E-state index contributed by atoms with van der Waals surface area (Å²) in [5.74, 6) is 0.342. The fraction of sp³-hybridized carbons (Fsp3) is 0.238. The third-order valence-corrected chi connectivity index (χ3v) is 5.16. The Morgan fingerprint density at radius 3 is 2.33 bits per heavy atom. The first kappa shape index (κ1) is 19.4. The highest BCUT2D eigenvalue weighted by Gasteiger charge is 2.09. The normalized spacial score (nSPS) is 11.1. The van der Waals surface area contributed by atoms with Crippen molar-refractivity contribution in [3.63, 3.8) is 0 Å².